The number of non-ortho nitro benzene ring substituents is 2. The van der Waals surface area contributed by atoms with Gasteiger partial charge in [0.2, 0.25) is 0 Å². The normalized spacial score (nSPS) is 11.0. The van der Waals surface area contributed by atoms with E-state index in [9.17, 15) is 29.6 Å². The van der Waals surface area contributed by atoms with Crippen molar-refractivity contribution in [1.29, 1.82) is 0 Å². The number of aryl methyl sites for hydroxylation is 2. The molecule has 0 amide bonds. The Bertz CT molecular complexity index is 2940. The minimum atomic E-state index is -3.07. The van der Waals surface area contributed by atoms with Gasteiger partial charge in [-0.05, 0) is 79.8 Å². The number of fused-ring (bicyclic) bond motifs is 2. The molecule has 8 rings (SSSR count). The van der Waals surface area contributed by atoms with E-state index in [2.05, 4.69) is 62.4 Å². The lowest BCUT2D eigenvalue weighted by Crippen LogP contribution is -1.99. The first kappa shape index (κ1) is 48.5. The molecule has 8 aromatic rings. The number of hydrogen-bond donors (Lipinski definition) is 0. The number of hydrogen-bond acceptors (Lipinski definition) is 12. The minimum absolute atomic E-state index is 0. The Balaban J connectivity index is 0.000000194. The molecular formula is C49H47N4O8PS2. The highest BCUT2D eigenvalue weighted by atomic mass is 32.1. The molecule has 15 heteroatoms. The summed E-state index contributed by atoms with van der Waals surface area (Å²) in [5, 5.41) is 23.0. The molecule has 2 heterocycles. The lowest BCUT2D eigenvalue weighted by atomic mass is 10.1. The molecule has 0 saturated carbocycles. The predicted molar refractivity (Wildman–Crippen MR) is 261 cm³/mol. The van der Waals surface area contributed by atoms with E-state index >= 15 is 0 Å². The van der Waals surface area contributed by atoms with E-state index < -0.39 is 12.5 Å². The van der Waals surface area contributed by atoms with Crippen molar-refractivity contribution in [3.05, 3.63) is 187 Å². The van der Waals surface area contributed by atoms with Gasteiger partial charge in [0.05, 0.1) is 49.7 Å². The van der Waals surface area contributed by atoms with Gasteiger partial charge in [-0.1, -0.05) is 105 Å². The molecule has 64 heavy (non-hydrogen) atoms. The second kappa shape index (κ2) is 22.7. The fourth-order valence-corrected chi connectivity index (χ4v) is 10.0. The van der Waals surface area contributed by atoms with Gasteiger partial charge in [-0.15, -0.1) is 22.7 Å². The molecule has 0 atom stereocenters. The first-order valence-corrected chi connectivity index (χ1v) is 23.2. The summed E-state index contributed by atoms with van der Waals surface area (Å²) in [6.45, 7) is 8.57. The van der Waals surface area contributed by atoms with E-state index in [1.165, 1.54) is 50.9 Å². The van der Waals surface area contributed by atoms with Crippen molar-refractivity contribution >= 4 is 80.5 Å². The molecule has 0 spiro atoms. The molecule has 0 aliphatic heterocycles. The van der Waals surface area contributed by atoms with Crippen molar-refractivity contribution in [3.63, 3.8) is 0 Å². The van der Waals surface area contributed by atoms with Crippen LogP contribution in [0.3, 0.4) is 0 Å². The summed E-state index contributed by atoms with van der Waals surface area (Å²) in [5.74, 6) is 0. The largest absolute Gasteiger partial charge is 0.335 e. The van der Waals surface area contributed by atoms with Crippen molar-refractivity contribution in [2.24, 2.45) is 0 Å². The number of nitrogens with zero attached hydrogens (tertiary/aromatic N) is 4. The average molecular weight is 915 g/mol. The van der Waals surface area contributed by atoms with E-state index in [0.29, 0.717) is 25.1 Å². The summed E-state index contributed by atoms with van der Waals surface area (Å²) < 4.78 is 25.7. The number of aromatic nitrogens is 2. The molecule has 0 N–H and O–H groups in total. The zero-order chi connectivity index (χ0) is 44.9. The summed E-state index contributed by atoms with van der Waals surface area (Å²) in [6.07, 6.45) is 4.69. The Kier molecular flexibility index (Phi) is 17.2. The van der Waals surface area contributed by atoms with Crippen molar-refractivity contribution in [2.75, 3.05) is 13.2 Å². The van der Waals surface area contributed by atoms with Crippen LogP contribution in [0.5, 0.6) is 0 Å². The van der Waals surface area contributed by atoms with Crippen molar-refractivity contribution in [2.45, 2.75) is 41.3 Å². The zero-order valence-electron chi connectivity index (χ0n) is 34.9. The Labute approximate surface area is 379 Å². The highest BCUT2D eigenvalue weighted by Crippen LogP contribution is 2.51. The lowest BCUT2D eigenvalue weighted by Gasteiger charge is -2.17. The maximum atomic E-state index is 12.6. The van der Waals surface area contributed by atoms with Gasteiger partial charge in [0.15, 0.2) is 0 Å². The third-order valence-electron chi connectivity index (χ3n) is 9.24. The molecule has 0 aliphatic rings. The highest BCUT2D eigenvalue weighted by Gasteiger charge is 2.24. The molecule has 328 valence electrons. The number of carbonyl (C=O) groups is 1. The van der Waals surface area contributed by atoms with Crippen LogP contribution in [0.2, 0.25) is 0 Å². The van der Waals surface area contributed by atoms with Gasteiger partial charge in [-0.2, -0.15) is 0 Å². The maximum Gasteiger partial charge on any atom is 0.335 e. The quantitative estimate of drug-likeness (QED) is 0.0357. The molecule has 0 saturated heterocycles. The van der Waals surface area contributed by atoms with E-state index in [1.54, 1.807) is 34.8 Å². The molecule has 0 bridgehead atoms. The van der Waals surface area contributed by atoms with Crippen molar-refractivity contribution in [3.8, 4) is 21.1 Å². The van der Waals surface area contributed by atoms with Crippen LogP contribution in [0.1, 0.15) is 59.4 Å². The van der Waals surface area contributed by atoms with Crippen LogP contribution < -0.4 is 0 Å². The number of nitro benzene ring substituents is 2. The number of thiazole rings is 2. The molecule has 2 aromatic heterocycles. The van der Waals surface area contributed by atoms with E-state index in [1.807, 2.05) is 68.5 Å². The Morgan fingerprint density at radius 2 is 1.06 bits per heavy atom. The van der Waals surface area contributed by atoms with Crippen molar-refractivity contribution < 1.29 is 28.3 Å². The monoisotopic (exact) mass is 914 g/mol. The van der Waals surface area contributed by atoms with Gasteiger partial charge in [0, 0.05) is 41.0 Å². The second-order valence-corrected chi connectivity index (χ2v) is 18.2. The van der Waals surface area contributed by atoms with Crippen LogP contribution in [0.15, 0.2) is 133 Å². The topological polar surface area (TPSA) is 165 Å². The number of carbonyl (C=O) groups excluding carboxylic acids is 1. The van der Waals surface area contributed by atoms with E-state index in [-0.39, 0.29) is 29.9 Å². The molecule has 0 unspecified atom stereocenters. The van der Waals surface area contributed by atoms with Gasteiger partial charge in [-0.3, -0.25) is 29.6 Å². The first-order valence-electron chi connectivity index (χ1n) is 19.8. The van der Waals surface area contributed by atoms with Crippen molar-refractivity contribution in [1.82, 2.24) is 9.97 Å². The van der Waals surface area contributed by atoms with Gasteiger partial charge in [0.1, 0.15) is 16.3 Å². The van der Waals surface area contributed by atoms with Crippen LogP contribution in [0.25, 0.3) is 53.7 Å². The Hall–Kier alpha value is -6.54. The lowest BCUT2D eigenvalue weighted by molar-refractivity contribution is -0.385. The third-order valence-corrected chi connectivity index (χ3v) is 13.4. The van der Waals surface area contributed by atoms with Crippen LogP contribution >= 0.6 is 30.3 Å². The summed E-state index contributed by atoms with van der Waals surface area (Å²) >= 11 is 3.38. The second-order valence-electron chi connectivity index (χ2n) is 14.1. The van der Waals surface area contributed by atoms with Gasteiger partial charge in [0.25, 0.3) is 11.4 Å². The molecular weight excluding hydrogens is 868 g/mol. The summed E-state index contributed by atoms with van der Waals surface area (Å²) in [5.41, 5.74) is 9.78. The number of aldehydes is 1. The maximum absolute atomic E-state index is 12.6. The summed E-state index contributed by atoms with van der Waals surface area (Å²) in [6, 6.07) is 40.9. The smallest absolute Gasteiger partial charge is 0.309 e. The van der Waals surface area contributed by atoms with E-state index in [4.69, 9.17) is 19.0 Å². The van der Waals surface area contributed by atoms with Gasteiger partial charge in [-0.25, -0.2) is 9.97 Å². The highest BCUT2D eigenvalue weighted by molar-refractivity contribution is 7.53. The summed E-state index contributed by atoms with van der Waals surface area (Å²) in [7, 11) is -3.07. The SMILES string of the molecule is C.CCOP(=O)(Cc1ccc(-c2nc3ccc(C)cc3s2)cc1)OCC.Cc1ccc2nc(-c3ccc(/C=C/c4cccc([N+](=O)[O-])c4)cc3)sc2c1.O=Cc1cccc([N+](=O)[O-])c1. The molecule has 0 aliphatic carbocycles. The molecule has 0 radical (unpaired) electrons. The van der Waals surface area contributed by atoms with Gasteiger partial charge < -0.3 is 9.05 Å². The zero-order valence-corrected chi connectivity index (χ0v) is 37.4. The number of rotatable bonds is 13. The fraction of sp³-hybridized carbons (Fsp3) is 0.163. The minimum Gasteiger partial charge on any atom is -0.309 e. The van der Waals surface area contributed by atoms with Crippen LogP contribution in [-0.2, 0) is 19.8 Å². The number of nitro groups is 2. The first-order chi connectivity index (χ1) is 30.3. The Morgan fingerprint density at radius 1 is 0.609 bits per heavy atom. The third kappa shape index (κ3) is 13.2. The molecule has 12 nitrogen and oxygen atoms in total. The van der Waals surface area contributed by atoms with Crippen LogP contribution in [-0.4, -0.2) is 39.3 Å². The standard InChI is InChI=1S/C22H16N2O2S.C19H22NO3PS.C7H5NO3.CH4/c1-15-5-12-20-21(13-15)27-22(23-20)18-10-8-16(9-11-18)6-7-17-3-2-4-19(14-17)24(25)26;1-4-22-24(21,23-5-2)13-15-7-9-16(10-8-15)19-20-17-11-6-14(3)12-18(17)25-19;9-5-6-2-1-3-7(4-6)8(10)11;/h2-14H,1H3;6-12H,4-5,13H2,1-3H3;1-5H;1H4/b7-6+;;;. The van der Waals surface area contributed by atoms with Gasteiger partial charge >= 0.3 is 7.60 Å². The predicted octanol–water partition coefficient (Wildman–Crippen LogP) is 14.4. The van der Waals surface area contributed by atoms with E-state index in [0.717, 1.165) is 48.9 Å². The number of benzene rings is 6. The van der Waals surface area contributed by atoms with Crippen LogP contribution in [0, 0.1) is 34.1 Å². The fourth-order valence-electron chi connectivity index (χ4n) is 6.19. The molecule has 6 aromatic carbocycles. The summed E-state index contributed by atoms with van der Waals surface area (Å²) in [4.78, 5) is 39.7. The molecule has 0 fully saturated rings. The Morgan fingerprint density at radius 3 is 1.53 bits per heavy atom. The average Bonchev–Trinajstić information content (AvgIpc) is 3.91. The van der Waals surface area contributed by atoms with Crippen LogP contribution in [0.4, 0.5) is 11.4 Å².